The van der Waals surface area contributed by atoms with Crippen LogP contribution in [0, 0.1) is 5.82 Å². The van der Waals surface area contributed by atoms with Crippen LogP contribution in [-0.2, 0) is 11.3 Å². The number of carbonyl (C=O) groups is 1. The number of benzene rings is 2. The summed E-state index contributed by atoms with van der Waals surface area (Å²) in [5.74, 6) is -0.557. The molecule has 0 N–H and O–H groups in total. The second-order valence-corrected chi connectivity index (χ2v) is 7.17. The molecular weight excluding hydrogens is 412 g/mol. The van der Waals surface area contributed by atoms with E-state index in [9.17, 15) is 22.4 Å². The van der Waals surface area contributed by atoms with Gasteiger partial charge in [0.15, 0.2) is 6.61 Å². The van der Waals surface area contributed by atoms with Crippen molar-refractivity contribution in [2.45, 2.75) is 18.8 Å². The lowest BCUT2D eigenvalue weighted by Crippen LogP contribution is -2.60. The molecule has 1 fully saturated rings. The Bertz CT molecular complexity index is 828. The van der Waals surface area contributed by atoms with Gasteiger partial charge in [0.05, 0.1) is 0 Å². The molecule has 1 aliphatic heterocycles. The second-order valence-electron chi connectivity index (χ2n) is 6.74. The zero-order valence-electron chi connectivity index (χ0n) is 15.3. The maximum Gasteiger partial charge on any atom is 0.405 e. The molecule has 0 bridgehead atoms. The topological polar surface area (TPSA) is 32.8 Å². The number of amides is 1. The average Bonchev–Trinajstić information content (AvgIpc) is 2.68. The third kappa shape index (κ3) is 5.83. The van der Waals surface area contributed by atoms with Crippen LogP contribution in [0.1, 0.15) is 5.56 Å². The standard InChI is InChI=1S/C20H19ClF4N2O2/c21-15-3-7-17(8-4-15)29-13-19(28)27-10-9-26(18(12-27)20(23,24)25)11-14-1-5-16(22)6-2-14/h1-8,18H,9-13H2. The molecule has 1 atom stereocenters. The van der Waals surface area contributed by atoms with Crippen LogP contribution >= 0.6 is 11.6 Å². The zero-order valence-corrected chi connectivity index (χ0v) is 16.1. The fraction of sp³-hybridized carbons (Fsp3) is 0.350. The molecule has 29 heavy (non-hydrogen) atoms. The van der Waals surface area contributed by atoms with Gasteiger partial charge < -0.3 is 9.64 Å². The first-order valence-corrected chi connectivity index (χ1v) is 9.31. The highest BCUT2D eigenvalue weighted by molar-refractivity contribution is 6.30. The number of carbonyl (C=O) groups excluding carboxylic acids is 1. The Morgan fingerprint density at radius 1 is 1.07 bits per heavy atom. The number of halogens is 5. The number of piperazine rings is 1. The Balaban J connectivity index is 1.62. The molecule has 0 saturated carbocycles. The number of nitrogens with zero attached hydrogens (tertiary/aromatic N) is 2. The van der Waals surface area contributed by atoms with Gasteiger partial charge in [0, 0.05) is 31.2 Å². The number of alkyl halides is 3. The monoisotopic (exact) mass is 430 g/mol. The van der Waals surface area contributed by atoms with Gasteiger partial charge in [0.2, 0.25) is 0 Å². The zero-order chi connectivity index (χ0) is 21.0. The van der Waals surface area contributed by atoms with Gasteiger partial charge in [-0.05, 0) is 42.0 Å². The van der Waals surface area contributed by atoms with E-state index < -0.39 is 30.5 Å². The van der Waals surface area contributed by atoms with E-state index in [1.165, 1.54) is 29.2 Å². The van der Waals surface area contributed by atoms with Gasteiger partial charge in [-0.15, -0.1) is 0 Å². The molecule has 2 aromatic carbocycles. The van der Waals surface area contributed by atoms with Crippen molar-refractivity contribution in [3.63, 3.8) is 0 Å². The van der Waals surface area contributed by atoms with Crippen LogP contribution in [0.2, 0.25) is 5.02 Å². The molecule has 0 aliphatic carbocycles. The van der Waals surface area contributed by atoms with Gasteiger partial charge in [-0.3, -0.25) is 9.69 Å². The third-order valence-corrected chi connectivity index (χ3v) is 4.95. The number of hydrogen-bond donors (Lipinski definition) is 0. The summed E-state index contributed by atoms with van der Waals surface area (Å²) in [6, 6.07) is 9.88. The smallest absolute Gasteiger partial charge is 0.405 e. The first kappa shape index (κ1) is 21.4. The van der Waals surface area contributed by atoms with E-state index in [2.05, 4.69) is 0 Å². The number of hydrogen-bond acceptors (Lipinski definition) is 3. The van der Waals surface area contributed by atoms with Crippen molar-refractivity contribution in [1.82, 2.24) is 9.80 Å². The summed E-state index contributed by atoms with van der Waals surface area (Å²) < 4.78 is 59.2. The Morgan fingerprint density at radius 2 is 1.72 bits per heavy atom. The highest BCUT2D eigenvalue weighted by atomic mass is 35.5. The number of rotatable bonds is 5. The van der Waals surface area contributed by atoms with Crippen molar-refractivity contribution in [1.29, 1.82) is 0 Å². The Labute approximate surface area is 170 Å². The van der Waals surface area contributed by atoms with E-state index in [1.54, 1.807) is 24.3 Å². The molecule has 156 valence electrons. The summed E-state index contributed by atoms with van der Waals surface area (Å²) in [6.07, 6.45) is -4.50. The van der Waals surface area contributed by atoms with E-state index in [-0.39, 0.29) is 26.2 Å². The van der Waals surface area contributed by atoms with Gasteiger partial charge in [-0.25, -0.2) is 4.39 Å². The fourth-order valence-electron chi connectivity index (χ4n) is 3.14. The van der Waals surface area contributed by atoms with E-state index in [4.69, 9.17) is 16.3 Å². The van der Waals surface area contributed by atoms with E-state index in [0.29, 0.717) is 16.3 Å². The molecule has 0 aromatic heterocycles. The van der Waals surface area contributed by atoms with Gasteiger partial charge in [0.25, 0.3) is 5.91 Å². The van der Waals surface area contributed by atoms with Crippen LogP contribution in [0.25, 0.3) is 0 Å². The van der Waals surface area contributed by atoms with Crippen LogP contribution in [0.4, 0.5) is 17.6 Å². The molecular formula is C20H19ClF4N2O2. The molecule has 1 saturated heterocycles. The maximum absolute atomic E-state index is 13.6. The molecule has 0 radical (unpaired) electrons. The summed E-state index contributed by atoms with van der Waals surface area (Å²) in [5, 5.41) is 0.508. The van der Waals surface area contributed by atoms with Crippen LogP contribution in [0.5, 0.6) is 5.75 Å². The highest BCUT2D eigenvalue weighted by Crippen LogP contribution is 2.29. The number of ether oxygens (including phenoxy) is 1. The summed E-state index contributed by atoms with van der Waals surface area (Å²) >= 11 is 5.77. The molecule has 3 rings (SSSR count). The third-order valence-electron chi connectivity index (χ3n) is 4.70. The molecule has 2 aromatic rings. The minimum absolute atomic E-state index is 0.0216. The van der Waals surface area contributed by atoms with Crippen LogP contribution in [0.15, 0.2) is 48.5 Å². The van der Waals surface area contributed by atoms with Crippen molar-refractivity contribution in [3.8, 4) is 5.75 Å². The van der Waals surface area contributed by atoms with Crippen molar-refractivity contribution >= 4 is 17.5 Å². The lowest BCUT2D eigenvalue weighted by molar-refractivity contribution is -0.199. The SMILES string of the molecule is O=C(COc1ccc(Cl)cc1)N1CCN(Cc2ccc(F)cc2)C(C(F)(F)F)C1. The Hall–Kier alpha value is -2.32. The van der Waals surface area contributed by atoms with E-state index >= 15 is 0 Å². The molecule has 4 nitrogen and oxygen atoms in total. The lowest BCUT2D eigenvalue weighted by Gasteiger charge is -2.42. The van der Waals surface area contributed by atoms with E-state index in [1.807, 2.05) is 0 Å². The first-order chi connectivity index (χ1) is 13.7. The normalized spacial score (nSPS) is 18.0. The Kier molecular flexibility index (Phi) is 6.64. The molecule has 1 aliphatic rings. The molecule has 1 unspecified atom stereocenters. The minimum atomic E-state index is -4.50. The first-order valence-electron chi connectivity index (χ1n) is 8.94. The molecule has 1 amide bonds. The van der Waals surface area contributed by atoms with Gasteiger partial charge in [0.1, 0.15) is 17.6 Å². The summed E-state index contributed by atoms with van der Waals surface area (Å²) in [6.45, 7) is -0.615. The molecule has 1 heterocycles. The average molecular weight is 431 g/mol. The summed E-state index contributed by atoms with van der Waals surface area (Å²) in [5.41, 5.74) is 0.575. The van der Waals surface area contributed by atoms with Crippen LogP contribution in [0.3, 0.4) is 0 Å². The Morgan fingerprint density at radius 3 is 2.34 bits per heavy atom. The van der Waals surface area contributed by atoms with Crippen molar-refractivity contribution in [3.05, 3.63) is 64.9 Å². The van der Waals surface area contributed by atoms with Crippen LogP contribution < -0.4 is 4.74 Å². The predicted octanol–water partition coefficient (Wildman–Crippen LogP) is 4.13. The quantitative estimate of drug-likeness (QED) is 0.669. The summed E-state index contributed by atoms with van der Waals surface area (Å²) in [7, 11) is 0. The second kappa shape index (κ2) is 9.00. The van der Waals surface area contributed by atoms with Crippen molar-refractivity contribution < 1.29 is 27.1 Å². The predicted molar refractivity (Wildman–Crippen MR) is 100 cm³/mol. The van der Waals surface area contributed by atoms with Crippen LogP contribution in [-0.4, -0.2) is 54.2 Å². The van der Waals surface area contributed by atoms with E-state index in [0.717, 1.165) is 4.90 Å². The maximum atomic E-state index is 13.6. The minimum Gasteiger partial charge on any atom is -0.484 e. The van der Waals surface area contributed by atoms with Gasteiger partial charge in [-0.2, -0.15) is 13.2 Å². The largest absolute Gasteiger partial charge is 0.484 e. The summed E-state index contributed by atoms with van der Waals surface area (Å²) in [4.78, 5) is 14.8. The lowest BCUT2D eigenvalue weighted by atomic mass is 10.1. The van der Waals surface area contributed by atoms with Gasteiger partial charge in [-0.1, -0.05) is 23.7 Å². The fourth-order valence-corrected chi connectivity index (χ4v) is 3.26. The highest BCUT2D eigenvalue weighted by Gasteiger charge is 2.47. The van der Waals surface area contributed by atoms with Crippen molar-refractivity contribution in [2.24, 2.45) is 0 Å². The molecule has 9 heteroatoms. The van der Waals surface area contributed by atoms with Gasteiger partial charge >= 0.3 is 6.18 Å². The molecule has 0 spiro atoms. The van der Waals surface area contributed by atoms with Crippen molar-refractivity contribution in [2.75, 3.05) is 26.2 Å².